The van der Waals surface area contributed by atoms with Crippen LogP contribution in [0.15, 0.2) is 60.7 Å². The van der Waals surface area contributed by atoms with Crippen molar-refractivity contribution in [3.63, 3.8) is 0 Å². The minimum absolute atomic E-state index is 0.500. The van der Waals surface area contributed by atoms with E-state index >= 15 is 0 Å². The van der Waals surface area contributed by atoms with Gasteiger partial charge in [-0.25, -0.2) is 0 Å². The van der Waals surface area contributed by atoms with Crippen molar-refractivity contribution in [3.05, 3.63) is 83.8 Å². The van der Waals surface area contributed by atoms with Gasteiger partial charge in [-0.1, -0.05) is 91.8 Å². The third-order valence-electron chi connectivity index (χ3n) is 1.79. The normalized spacial score (nSPS) is 7.93. The lowest BCUT2D eigenvalue weighted by molar-refractivity contribution is 0.469. The van der Waals surface area contributed by atoms with Crippen LogP contribution in [0.25, 0.3) is 10.0 Å². The van der Waals surface area contributed by atoms with E-state index in [0.717, 1.165) is 0 Å². The third kappa shape index (κ3) is 28.1. The number of rotatable bonds is 2. The van der Waals surface area contributed by atoms with Gasteiger partial charge in [0.1, 0.15) is 0 Å². The molecule has 0 aliphatic carbocycles. The highest BCUT2D eigenvalue weighted by molar-refractivity contribution is 5.21. The maximum absolute atomic E-state index is 6.34. The van der Waals surface area contributed by atoms with Gasteiger partial charge in [-0.15, -0.1) is 0 Å². The van der Waals surface area contributed by atoms with E-state index in [1.54, 1.807) is 24.3 Å². The van der Waals surface area contributed by atoms with Gasteiger partial charge in [0.15, 0.2) is 0 Å². The molecular formula is C23H34N2O2. The molecule has 0 saturated carbocycles. The van der Waals surface area contributed by atoms with Gasteiger partial charge in [0, 0.05) is 0 Å². The summed E-state index contributed by atoms with van der Waals surface area (Å²) < 4.78 is 0. The first-order valence-electron chi connectivity index (χ1n) is 9.04. The molecule has 0 saturated heterocycles. The van der Waals surface area contributed by atoms with Crippen LogP contribution in [-0.4, -0.2) is 0 Å². The molecule has 4 heteroatoms. The Labute approximate surface area is 166 Å². The molecule has 27 heavy (non-hydrogen) atoms. The first-order chi connectivity index (χ1) is 12.9. The molecule has 0 bridgehead atoms. The van der Waals surface area contributed by atoms with Crippen LogP contribution in [0.1, 0.15) is 55.4 Å². The second-order valence-electron chi connectivity index (χ2n) is 5.99. The summed E-state index contributed by atoms with van der Waals surface area (Å²) in [5.74, 6) is 1.18. The molecule has 0 atom stereocenters. The second-order valence-corrected chi connectivity index (χ2v) is 5.99. The molecule has 0 spiro atoms. The predicted molar refractivity (Wildman–Crippen MR) is 115 cm³/mol. The Hall–Kier alpha value is -2.98. The Balaban J connectivity index is -0.000000303. The van der Waals surface area contributed by atoms with Crippen LogP contribution in [0.3, 0.4) is 0 Å². The smallest absolute Gasteiger partial charge is 0.158 e. The van der Waals surface area contributed by atoms with Crippen molar-refractivity contribution >= 4 is 0 Å². The SMILES string of the molecule is CC.CC.CC(C)(C)C.[C-]#[N+]Oc1ccccc1.[C-]#[N+]Oc1ccccc1. The van der Waals surface area contributed by atoms with Gasteiger partial charge in [-0.05, 0) is 39.7 Å². The molecule has 0 radical (unpaired) electrons. The van der Waals surface area contributed by atoms with Crippen molar-refractivity contribution in [2.45, 2.75) is 55.4 Å². The van der Waals surface area contributed by atoms with Crippen LogP contribution >= 0.6 is 0 Å². The summed E-state index contributed by atoms with van der Waals surface area (Å²) in [6.45, 7) is 29.4. The zero-order valence-electron chi connectivity index (χ0n) is 18.0. The molecule has 0 fully saturated rings. The van der Waals surface area contributed by atoms with Crippen molar-refractivity contribution in [3.8, 4) is 11.5 Å². The molecule has 0 aliphatic rings. The molecule has 2 aromatic carbocycles. The van der Waals surface area contributed by atoms with Crippen LogP contribution in [0.2, 0.25) is 0 Å². The van der Waals surface area contributed by atoms with Gasteiger partial charge in [0.2, 0.25) is 11.5 Å². The topological polar surface area (TPSA) is 27.2 Å². The van der Waals surface area contributed by atoms with E-state index in [0.29, 0.717) is 16.9 Å². The van der Waals surface area contributed by atoms with E-state index < -0.39 is 0 Å². The lowest BCUT2D eigenvalue weighted by Crippen LogP contribution is -1.93. The standard InChI is InChI=1S/2C7H5NO.C5H12.2C2H6/c2*1-8-9-7-5-3-2-4-6-7;1-5(2,3)4;2*1-2/h2*2-6H;1-4H3;2*1-2H3. The fourth-order valence-corrected chi connectivity index (χ4v) is 1.07. The summed E-state index contributed by atoms with van der Waals surface area (Å²) in [6, 6.07) is 18.0. The fraction of sp³-hybridized carbons (Fsp3) is 0.391. The predicted octanol–water partition coefficient (Wildman–Crippen LogP) is 7.90. The summed E-state index contributed by atoms with van der Waals surface area (Å²) in [5.41, 5.74) is 0.500. The van der Waals surface area contributed by atoms with Crippen LogP contribution < -0.4 is 9.68 Å². The number of nitrogens with zero attached hydrogens (tertiary/aromatic N) is 2. The lowest BCUT2D eigenvalue weighted by atomic mass is 10.0. The molecule has 0 aromatic heterocycles. The van der Waals surface area contributed by atoms with E-state index in [1.807, 2.05) is 64.1 Å². The summed E-state index contributed by atoms with van der Waals surface area (Å²) in [7, 11) is 0. The lowest BCUT2D eigenvalue weighted by Gasteiger charge is -2.05. The van der Waals surface area contributed by atoms with E-state index in [9.17, 15) is 0 Å². The van der Waals surface area contributed by atoms with E-state index in [2.05, 4.69) is 47.4 Å². The fourth-order valence-electron chi connectivity index (χ4n) is 1.07. The molecule has 2 rings (SSSR count). The minimum Gasteiger partial charge on any atom is -0.158 e. The van der Waals surface area contributed by atoms with Crippen molar-refractivity contribution in [2.75, 3.05) is 0 Å². The molecule has 4 nitrogen and oxygen atoms in total. The Morgan fingerprint density at radius 3 is 1.00 bits per heavy atom. The Bertz CT molecular complexity index is 549. The van der Waals surface area contributed by atoms with Crippen molar-refractivity contribution in [1.82, 2.24) is 0 Å². The minimum atomic E-state index is 0.500. The van der Waals surface area contributed by atoms with E-state index in [4.69, 9.17) is 13.1 Å². The maximum atomic E-state index is 6.34. The summed E-state index contributed by atoms with van der Waals surface area (Å²) >= 11 is 0. The highest BCUT2D eigenvalue weighted by Crippen LogP contribution is 2.08. The molecule has 0 unspecified atom stereocenters. The maximum Gasteiger partial charge on any atom is 0.219 e. The summed E-state index contributed by atoms with van der Waals surface area (Å²) in [6.07, 6.45) is 0. The van der Waals surface area contributed by atoms with E-state index in [1.165, 1.54) is 0 Å². The average molecular weight is 371 g/mol. The first kappa shape index (κ1) is 28.8. The third-order valence-corrected chi connectivity index (χ3v) is 1.79. The monoisotopic (exact) mass is 370 g/mol. The quantitative estimate of drug-likeness (QED) is 0.397. The highest BCUT2D eigenvalue weighted by Gasteiger charge is 1.95. The molecular weight excluding hydrogens is 336 g/mol. The Kier molecular flexibility index (Phi) is 22.5. The van der Waals surface area contributed by atoms with Gasteiger partial charge < -0.3 is 0 Å². The van der Waals surface area contributed by atoms with Crippen molar-refractivity contribution in [2.24, 2.45) is 5.41 Å². The number of benzene rings is 2. The average Bonchev–Trinajstić information content (AvgIpc) is 2.67. The largest absolute Gasteiger partial charge is 0.219 e. The molecule has 0 amide bonds. The van der Waals surface area contributed by atoms with Gasteiger partial charge in [-0.2, -0.15) is 22.8 Å². The van der Waals surface area contributed by atoms with Gasteiger partial charge >= 0.3 is 0 Å². The summed E-state index contributed by atoms with van der Waals surface area (Å²) in [4.78, 5) is 8.99. The second kappa shape index (κ2) is 21.1. The molecule has 0 N–H and O–H groups in total. The number of hydrogen-bond acceptors (Lipinski definition) is 2. The van der Waals surface area contributed by atoms with Crippen molar-refractivity contribution < 1.29 is 9.68 Å². The Morgan fingerprint density at radius 1 is 0.593 bits per heavy atom. The van der Waals surface area contributed by atoms with Crippen LogP contribution in [0.5, 0.6) is 11.5 Å². The van der Waals surface area contributed by atoms with Crippen LogP contribution in [0.4, 0.5) is 0 Å². The molecule has 0 heterocycles. The highest BCUT2D eigenvalue weighted by atomic mass is 16.6. The van der Waals surface area contributed by atoms with E-state index in [-0.39, 0.29) is 0 Å². The van der Waals surface area contributed by atoms with Crippen LogP contribution in [-0.2, 0) is 0 Å². The first-order valence-corrected chi connectivity index (χ1v) is 9.04. The molecule has 148 valence electrons. The van der Waals surface area contributed by atoms with Gasteiger partial charge in [-0.3, -0.25) is 0 Å². The van der Waals surface area contributed by atoms with Crippen LogP contribution in [0, 0.1) is 18.6 Å². The molecule has 0 aliphatic heterocycles. The molecule has 2 aromatic rings. The van der Waals surface area contributed by atoms with Crippen molar-refractivity contribution in [1.29, 1.82) is 0 Å². The summed E-state index contributed by atoms with van der Waals surface area (Å²) in [5, 5.41) is 5.51. The Morgan fingerprint density at radius 2 is 0.815 bits per heavy atom. The van der Waals surface area contributed by atoms with Gasteiger partial charge in [0.05, 0.1) is 0 Å². The number of para-hydroxylation sites is 2. The van der Waals surface area contributed by atoms with Gasteiger partial charge in [0.25, 0.3) is 0 Å². The number of hydrogen-bond donors (Lipinski definition) is 0. The zero-order valence-corrected chi connectivity index (χ0v) is 18.0. The zero-order chi connectivity index (χ0) is 21.6.